The van der Waals surface area contributed by atoms with Gasteiger partial charge in [-0.1, -0.05) is 35.9 Å². The van der Waals surface area contributed by atoms with Crippen LogP contribution in [0.25, 0.3) is 6.08 Å². The van der Waals surface area contributed by atoms with Crippen LogP contribution in [0.1, 0.15) is 18.4 Å². The van der Waals surface area contributed by atoms with Gasteiger partial charge in [0.2, 0.25) is 5.91 Å². The molecule has 1 saturated carbocycles. The molecule has 1 heterocycles. The van der Waals surface area contributed by atoms with E-state index >= 15 is 0 Å². The zero-order valence-corrected chi connectivity index (χ0v) is 14.1. The van der Waals surface area contributed by atoms with E-state index in [1.165, 1.54) is 5.56 Å². The molecule has 2 fully saturated rings. The summed E-state index contributed by atoms with van der Waals surface area (Å²) in [6, 6.07) is 8.32. The lowest BCUT2D eigenvalue weighted by molar-refractivity contribution is -0.122. The summed E-state index contributed by atoms with van der Waals surface area (Å²) in [6.07, 6.45) is 6.63. The third kappa shape index (κ3) is 5.65. The monoisotopic (exact) mass is 333 g/mol. The summed E-state index contributed by atoms with van der Waals surface area (Å²) in [4.78, 5) is 16.5. The van der Waals surface area contributed by atoms with Crippen LogP contribution >= 0.6 is 11.6 Å². The summed E-state index contributed by atoms with van der Waals surface area (Å²) in [7, 11) is 0. The number of nitrogens with one attached hydrogen (secondary N) is 1. The number of rotatable bonds is 6. The maximum Gasteiger partial charge on any atom is 0.234 e. The highest BCUT2D eigenvalue weighted by atomic mass is 35.5. The molecule has 1 aliphatic heterocycles. The number of carbonyl (C=O) groups is 1. The molecule has 0 spiro atoms. The van der Waals surface area contributed by atoms with Crippen LogP contribution in [-0.2, 0) is 4.79 Å². The second-order valence-corrected chi connectivity index (χ2v) is 6.81. The fourth-order valence-electron chi connectivity index (χ4n) is 2.75. The fraction of sp³-hybridized carbons (Fsp3) is 0.500. The molecule has 1 aromatic rings. The van der Waals surface area contributed by atoms with Crippen LogP contribution < -0.4 is 5.32 Å². The summed E-state index contributed by atoms with van der Waals surface area (Å²) in [5.74, 6) is 0.184. The standard InChI is InChI=1S/C18H24ClN3O/c19-16-5-3-15(4-6-16)2-1-9-21-10-12-22(13-11-21)14-18(23)20-17-7-8-17/h1-6,17H,7-14H2,(H,20,23). The smallest absolute Gasteiger partial charge is 0.234 e. The average Bonchev–Trinajstić information content (AvgIpc) is 3.35. The molecular formula is C18H24ClN3O. The second-order valence-electron chi connectivity index (χ2n) is 6.37. The molecule has 0 unspecified atom stereocenters. The highest BCUT2D eigenvalue weighted by Crippen LogP contribution is 2.18. The van der Waals surface area contributed by atoms with Crippen molar-refractivity contribution in [2.24, 2.45) is 0 Å². The van der Waals surface area contributed by atoms with Crippen LogP contribution in [0.5, 0.6) is 0 Å². The predicted molar refractivity (Wildman–Crippen MR) is 94.5 cm³/mol. The van der Waals surface area contributed by atoms with Crippen molar-refractivity contribution < 1.29 is 4.79 Å². The number of benzene rings is 1. The van der Waals surface area contributed by atoms with Crippen molar-refractivity contribution in [1.29, 1.82) is 0 Å². The summed E-state index contributed by atoms with van der Waals surface area (Å²) >= 11 is 5.88. The average molecular weight is 334 g/mol. The van der Waals surface area contributed by atoms with Crippen molar-refractivity contribution in [2.45, 2.75) is 18.9 Å². The molecule has 1 N–H and O–H groups in total. The molecule has 0 radical (unpaired) electrons. The molecule has 23 heavy (non-hydrogen) atoms. The highest BCUT2D eigenvalue weighted by molar-refractivity contribution is 6.30. The Kier molecular flexibility index (Phi) is 5.70. The van der Waals surface area contributed by atoms with Gasteiger partial charge in [-0.15, -0.1) is 0 Å². The Hall–Kier alpha value is -1.36. The molecule has 1 amide bonds. The fourth-order valence-corrected chi connectivity index (χ4v) is 2.87. The lowest BCUT2D eigenvalue weighted by Crippen LogP contribution is -2.49. The molecule has 1 aliphatic carbocycles. The van der Waals surface area contributed by atoms with E-state index in [1.54, 1.807) is 0 Å². The number of carbonyl (C=O) groups excluding carboxylic acids is 1. The number of piperazine rings is 1. The first kappa shape index (κ1) is 16.5. The van der Waals surface area contributed by atoms with Gasteiger partial charge in [-0.05, 0) is 30.5 Å². The van der Waals surface area contributed by atoms with Crippen LogP contribution in [0.15, 0.2) is 30.3 Å². The van der Waals surface area contributed by atoms with E-state index in [1.807, 2.05) is 24.3 Å². The topological polar surface area (TPSA) is 35.6 Å². The Morgan fingerprint density at radius 1 is 1.13 bits per heavy atom. The third-order valence-corrected chi connectivity index (χ3v) is 4.57. The van der Waals surface area contributed by atoms with E-state index in [4.69, 9.17) is 11.6 Å². The van der Waals surface area contributed by atoms with Gasteiger partial charge in [-0.2, -0.15) is 0 Å². The van der Waals surface area contributed by atoms with Crippen LogP contribution in [0.2, 0.25) is 5.02 Å². The Labute approximate surface area is 143 Å². The summed E-state index contributed by atoms with van der Waals surface area (Å²) in [5, 5.41) is 3.82. The maximum atomic E-state index is 11.8. The van der Waals surface area contributed by atoms with Crippen LogP contribution in [0.4, 0.5) is 0 Å². The van der Waals surface area contributed by atoms with E-state index in [0.717, 1.165) is 50.6 Å². The van der Waals surface area contributed by atoms with Crippen LogP contribution in [-0.4, -0.2) is 61.0 Å². The van der Waals surface area contributed by atoms with E-state index < -0.39 is 0 Å². The minimum atomic E-state index is 0.184. The largest absolute Gasteiger partial charge is 0.352 e. The molecule has 4 nitrogen and oxygen atoms in total. The van der Waals surface area contributed by atoms with Crippen LogP contribution in [0, 0.1) is 0 Å². The molecule has 1 aromatic carbocycles. The Morgan fingerprint density at radius 3 is 2.43 bits per heavy atom. The van der Waals surface area contributed by atoms with Gasteiger partial charge < -0.3 is 5.32 Å². The molecule has 3 rings (SSSR count). The molecule has 0 aromatic heterocycles. The van der Waals surface area contributed by atoms with Gasteiger partial charge in [-0.25, -0.2) is 0 Å². The van der Waals surface area contributed by atoms with Gasteiger partial charge in [0.15, 0.2) is 0 Å². The van der Waals surface area contributed by atoms with Crippen molar-refractivity contribution in [3.05, 3.63) is 40.9 Å². The highest BCUT2D eigenvalue weighted by Gasteiger charge is 2.25. The normalized spacial score (nSPS) is 20.0. The molecule has 5 heteroatoms. The third-order valence-electron chi connectivity index (χ3n) is 4.32. The number of halogens is 1. The van der Waals surface area contributed by atoms with Crippen LogP contribution in [0.3, 0.4) is 0 Å². The quantitative estimate of drug-likeness (QED) is 0.867. The van der Waals surface area contributed by atoms with E-state index in [9.17, 15) is 4.79 Å². The van der Waals surface area contributed by atoms with E-state index in [2.05, 4.69) is 27.3 Å². The minimum absolute atomic E-state index is 0.184. The Balaban J connectivity index is 1.35. The Bertz CT molecular complexity index is 546. The number of hydrogen-bond donors (Lipinski definition) is 1. The zero-order valence-electron chi connectivity index (χ0n) is 13.4. The van der Waals surface area contributed by atoms with Crippen molar-refractivity contribution in [3.63, 3.8) is 0 Å². The van der Waals surface area contributed by atoms with Gasteiger partial charge in [0.1, 0.15) is 0 Å². The van der Waals surface area contributed by atoms with Crippen molar-refractivity contribution >= 4 is 23.6 Å². The molecule has 1 saturated heterocycles. The van der Waals surface area contributed by atoms with Gasteiger partial charge in [0, 0.05) is 43.8 Å². The van der Waals surface area contributed by atoms with Crippen molar-refractivity contribution in [1.82, 2.24) is 15.1 Å². The van der Waals surface area contributed by atoms with E-state index in [0.29, 0.717) is 12.6 Å². The summed E-state index contributed by atoms with van der Waals surface area (Å²) in [6.45, 7) is 5.46. The Morgan fingerprint density at radius 2 is 1.78 bits per heavy atom. The van der Waals surface area contributed by atoms with Crippen molar-refractivity contribution in [3.8, 4) is 0 Å². The molecule has 124 valence electrons. The zero-order chi connectivity index (χ0) is 16.1. The molecular weight excluding hydrogens is 310 g/mol. The molecule has 0 bridgehead atoms. The van der Waals surface area contributed by atoms with Gasteiger partial charge in [-0.3, -0.25) is 14.6 Å². The first-order valence-electron chi connectivity index (χ1n) is 8.35. The maximum absolute atomic E-state index is 11.8. The summed E-state index contributed by atoms with van der Waals surface area (Å²) in [5.41, 5.74) is 1.17. The van der Waals surface area contributed by atoms with Crippen molar-refractivity contribution in [2.75, 3.05) is 39.3 Å². The minimum Gasteiger partial charge on any atom is -0.352 e. The SMILES string of the molecule is O=C(CN1CCN(CC=Cc2ccc(Cl)cc2)CC1)NC1CC1. The number of nitrogens with zero attached hydrogens (tertiary/aromatic N) is 2. The first-order valence-corrected chi connectivity index (χ1v) is 8.73. The van der Waals surface area contributed by atoms with Gasteiger partial charge in [0.25, 0.3) is 0 Å². The van der Waals surface area contributed by atoms with Gasteiger partial charge in [0.05, 0.1) is 6.54 Å². The molecule has 2 aliphatic rings. The van der Waals surface area contributed by atoms with E-state index in [-0.39, 0.29) is 5.91 Å². The lowest BCUT2D eigenvalue weighted by Gasteiger charge is -2.33. The number of hydrogen-bond acceptors (Lipinski definition) is 3. The second kappa shape index (κ2) is 7.95. The lowest BCUT2D eigenvalue weighted by atomic mass is 10.2. The first-order chi connectivity index (χ1) is 11.2. The van der Waals surface area contributed by atoms with Gasteiger partial charge >= 0.3 is 0 Å². The summed E-state index contributed by atoms with van der Waals surface area (Å²) < 4.78 is 0. The molecule has 0 atom stereocenters. The predicted octanol–water partition coefficient (Wildman–Crippen LogP) is 2.25. The number of amides is 1.